The molecule has 5 rings (SSSR count). The molecule has 0 saturated carbocycles. The van der Waals surface area contributed by atoms with E-state index in [1.54, 1.807) is 22.7 Å². The van der Waals surface area contributed by atoms with Crippen molar-refractivity contribution in [3.8, 4) is 0 Å². The number of hydrogen-bond donors (Lipinski definition) is 0. The van der Waals surface area contributed by atoms with Crippen LogP contribution in [0.5, 0.6) is 0 Å². The molecule has 0 fully saturated rings. The summed E-state index contributed by atoms with van der Waals surface area (Å²) in [6.07, 6.45) is 2.63. The average molecular weight is 802 g/mol. The third-order valence-corrected chi connectivity index (χ3v) is 21.2. The van der Waals surface area contributed by atoms with Gasteiger partial charge in [-0.3, -0.25) is 0 Å². The second kappa shape index (κ2) is 24.8. The van der Waals surface area contributed by atoms with E-state index < -0.39 is 29.3 Å². The molecule has 7 heteroatoms. The van der Waals surface area contributed by atoms with Crippen LogP contribution in [0.15, 0.2) is 152 Å². The van der Waals surface area contributed by atoms with Gasteiger partial charge < -0.3 is 0 Å². The Morgan fingerprint density at radius 2 is 0.614 bits per heavy atom. The molecule has 0 radical (unpaired) electrons. The zero-order valence-corrected chi connectivity index (χ0v) is 30.9. The summed E-state index contributed by atoms with van der Waals surface area (Å²) in [5, 5.41) is 4.22. The van der Waals surface area contributed by atoms with Crippen molar-refractivity contribution in [2.75, 3.05) is 12.3 Å². The first-order chi connectivity index (χ1) is 21.4. The minimum atomic E-state index is -1.36. The molecule has 0 unspecified atom stereocenters. The van der Waals surface area contributed by atoms with Crippen molar-refractivity contribution in [2.24, 2.45) is 0 Å². The Labute approximate surface area is 287 Å². The first-order valence-electron chi connectivity index (χ1n) is 13.5. The Bertz CT molecular complexity index is 1290. The zero-order chi connectivity index (χ0) is 31.1. The van der Waals surface area contributed by atoms with Gasteiger partial charge in [-0.25, -0.2) is 0 Å². The fourth-order valence-corrected chi connectivity index (χ4v) is 20.4. The summed E-state index contributed by atoms with van der Waals surface area (Å²) in [5.41, 5.74) is 0. The SMILES string of the molecule is [C-]#[O+].[C-]#[O+].[C-]#[O+].[Mo].c1ccc(P(CC[As](c2ccccc2)c2ccccc2)CC[As](c2ccccc2)c2ccccc2)cc1. The van der Waals surface area contributed by atoms with Gasteiger partial charge in [0.05, 0.1) is 0 Å². The normalized spacial score (nSPS) is 9.66. The Morgan fingerprint density at radius 1 is 0.386 bits per heavy atom. The maximum atomic E-state index is 7.50. The van der Waals surface area contributed by atoms with Crippen LogP contribution >= 0.6 is 7.92 Å². The molecule has 0 atom stereocenters. The van der Waals surface area contributed by atoms with E-state index in [1.165, 1.54) is 22.7 Å². The average Bonchev–Trinajstić information content (AvgIpc) is 3.12. The van der Waals surface area contributed by atoms with E-state index in [4.69, 9.17) is 14.0 Å². The molecule has 0 aliphatic rings. The van der Waals surface area contributed by atoms with E-state index in [9.17, 15) is 0 Å². The van der Waals surface area contributed by atoms with Gasteiger partial charge in [-0.05, 0) is 0 Å². The molecular weight excluding hydrogens is 769 g/mol. The van der Waals surface area contributed by atoms with E-state index in [-0.39, 0.29) is 29.0 Å². The minimum absolute atomic E-state index is 0. The van der Waals surface area contributed by atoms with Crippen LogP contribution in [-0.2, 0) is 35.0 Å². The molecule has 0 amide bonds. The van der Waals surface area contributed by atoms with Gasteiger partial charge in [-0.1, -0.05) is 0 Å². The first kappa shape index (κ1) is 39.6. The monoisotopic (exact) mass is 804 g/mol. The molecule has 0 bridgehead atoms. The maximum absolute atomic E-state index is 7.50. The fraction of sp³-hybridized carbons (Fsp3) is 0.108. The van der Waals surface area contributed by atoms with Gasteiger partial charge in [-0.2, -0.15) is 0 Å². The Balaban J connectivity index is 0.00000130. The molecule has 0 aliphatic carbocycles. The van der Waals surface area contributed by atoms with Crippen molar-refractivity contribution in [3.05, 3.63) is 172 Å². The molecule has 44 heavy (non-hydrogen) atoms. The van der Waals surface area contributed by atoms with Gasteiger partial charge in [0.1, 0.15) is 0 Å². The summed E-state index contributed by atoms with van der Waals surface area (Å²) in [4.78, 5) is 0. The van der Waals surface area contributed by atoms with Gasteiger partial charge in [0, 0.05) is 21.1 Å². The van der Waals surface area contributed by atoms with Gasteiger partial charge in [0.15, 0.2) is 0 Å². The summed E-state index contributed by atoms with van der Waals surface area (Å²) in [6, 6.07) is 56.7. The van der Waals surface area contributed by atoms with E-state index >= 15 is 0 Å². The summed E-state index contributed by atoms with van der Waals surface area (Å²) in [6.45, 7) is 13.5. The molecule has 0 heterocycles. The van der Waals surface area contributed by atoms with Gasteiger partial charge in [-0.15, -0.1) is 0 Å². The van der Waals surface area contributed by atoms with Gasteiger partial charge in [0.25, 0.3) is 0 Å². The van der Waals surface area contributed by atoms with E-state index in [1.807, 2.05) is 0 Å². The molecule has 5 aromatic carbocycles. The number of hydrogen-bond acceptors (Lipinski definition) is 0. The number of rotatable bonds is 11. The first-order valence-corrected chi connectivity index (χ1v) is 21.7. The molecule has 5 aromatic rings. The van der Waals surface area contributed by atoms with E-state index in [2.05, 4.69) is 172 Å². The van der Waals surface area contributed by atoms with Crippen LogP contribution in [0.1, 0.15) is 0 Å². The Hall–Kier alpha value is -2.44. The second-order valence-electron chi connectivity index (χ2n) is 8.97. The molecule has 3 nitrogen and oxygen atoms in total. The van der Waals surface area contributed by atoms with Gasteiger partial charge in [0.2, 0.25) is 0 Å². The standard InChI is InChI=1S/C34H33As2P.3CO.Mo/c1-6-16-30(17-7-1)35(31-18-8-2-9-19-31)26-28-37(34-24-14-5-15-25-34)29-27-36(32-20-10-3-11-21-32)33-22-12-4-13-23-33;3*1-2;/h1-25H,26-29H2;;;;. The number of benzene rings is 5. The fourth-order valence-electron chi connectivity index (χ4n) is 4.70. The van der Waals surface area contributed by atoms with Crippen LogP contribution in [-0.4, -0.2) is 41.6 Å². The molecule has 0 N–H and O–H groups in total. The van der Waals surface area contributed by atoms with Crippen LogP contribution in [0.2, 0.25) is 10.4 Å². The molecule has 0 aliphatic heterocycles. The van der Waals surface area contributed by atoms with Crippen molar-refractivity contribution >= 4 is 59.9 Å². The quantitative estimate of drug-likeness (QED) is 0.0755. The predicted molar refractivity (Wildman–Crippen MR) is 180 cm³/mol. The van der Waals surface area contributed by atoms with Crippen LogP contribution in [0, 0.1) is 20.0 Å². The Morgan fingerprint density at radius 3 is 0.864 bits per heavy atom. The van der Waals surface area contributed by atoms with Crippen molar-refractivity contribution < 1.29 is 35.0 Å². The molecule has 220 valence electrons. The Kier molecular flexibility index (Phi) is 22.3. The third-order valence-electron chi connectivity index (χ3n) is 6.58. The zero-order valence-electron chi connectivity index (χ0n) is 24.2. The van der Waals surface area contributed by atoms with Crippen LogP contribution in [0.4, 0.5) is 0 Å². The van der Waals surface area contributed by atoms with Crippen molar-refractivity contribution in [3.63, 3.8) is 0 Å². The van der Waals surface area contributed by atoms with Crippen molar-refractivity contribution in [1.82, 2.24) is 0 Å². The summed E-state index contributed by atoms with van der Waals surface area (Å²) in [5.74, 6) is 0. The van der Waals surface area contributed by atoms with Crippen LogP contribution in [0.3, 0.4) is 0 Å². The van der Waals surface area contributed by atoms with E-state index in [0.29, 0.717) is 0 Å². The second-order valence-corrected chi connectivity index (χ2v) is 21.3. The van der Waals surface area contributed by atoms with Crippen LogP contribution in [0.25, 0.3) is 0 Å². The third kappa shape index (κ3) is 12.9. The molecule has 0 saturated heterocycles. The molecule has 0 aromatic heterocycles. The van der Waals surface area contributed by atoms with Gasteiger partial charge >= 0.3 is 268 Å². The molecule has 0 spiro atoms. The van der Waals surface area contributed by atoms with E-state index in [0.717, 1.165) is 0 Å². The molecular formula is C37H33As2MoO3P. The summed E-state index contributed by atoms with van der Waals surface area (Å²) in [7, 11) is -0.209. The van der Waals surface area contributed by atoms with Crippen molar-refractivity contribution in [1.29, 1.82) is 0 Å². The topological polar surface area (TPSA) is 59.7 Å². The summed E-state index contributed by atoms with van der Waals surface area (Å²) < 4.78 is 28.8. The predicted octanol–water partition coefficient (Wildman–Crippen LogP) is 5.30. The summed E-state index contributed by atoms with van der Waals surface area (Å²) >= 11 is -2.71. The van der Waals surface area contributed by atoms with Crippen molar-refractivity contribution in [2.45, 2.75) is 10.4 Å². The van der Waals surface area contributed by atoms with Crippen LogP contribution < -0.4 is 22.7 Å².